The van der Waals surface area contributed by atoms with E-state index in [9.17, 15) is 4.79 Å². The quantitative estimate of drug-likeness (QED) is 0.544. The van der Waals surface area contributed by atoms with Crippen LogP contribution in [0.15, 0.2) is 0 Å². The van der Waals surface area contributed by atoms with Gasteiger partial charge in [-0.1, -0.05) is 26.2 Å². The molecule has 0 aliphatic rings. The van der Waals surface area contributed by atoms with Crippen molar-refractivity contribution in [3.05, 3.63) is 5.82 Å². The minimum Gasteiger partial charge on any atom is -0.460 e. The molecule has 0 aliphatic heterocycles. The molecule has 6 nitrogen and oxygen atoms in total. The van der Waals surface area contributed by atoms with Crippen molar-refractivity contribution < 1.29 is 9.53 Å². The molecule has 1 aromatic rings. The highest BCUT2D eigenvalue weighted by Gasteiger charge is 2.11. The van der Waals surface area contributed by atoms with E-state index in [0.717, 1.165) is 25.7 Å². The molecule has 0 bridgehead atoms. The Bertz CT molecular complexity index is 311. The summed E-state index contributed by atoms with van der Waals surface area (Å²) in [6, 6.07) is 0. The van der Waals surface area contributed by atoms with Crippen molar-refractivity contribution in [1.82, 2.24) is 15.2 Å². The van der Waals surface area contributed by atoms with Crippen LogP contribution in [0.5, 0.6) is 0 Å². The molecule has 0 unspecified atom stereocenters. The normalized spacial score (nSPS) is 10.2. The highest BCUT2D eigenvalue weighted by atomic mass is 16.5. The van der Waals surface area contributed by atoms with Gasteiger partial charge in [0.05, 0.1) is 6.61 Å². The number of hydrogen-bond donors (Lipinski definition) is 2. The second-order valence-electron chi connectivity index (χ2n) is 3.24. The second kappa shape index (κ2) is 6.00. The Morgan fingerprint density at radius 1 is 1.47 bits per heavy atom. The van der Waals surface area contributed by atoms with Gasteiger partial charge >= 0.3 is 5.97 Å². The van der Waals surface area contributed by atoms with E-state index in [0.29, 0.717) is 6.61 Å². The van der Waals surface area contributed by atoms with Crippen LogP contribution in [0.3, 0.4) is 0 Å². The van der Waals surface area contributed by atoms with Gasteiger partial charge < -0.3 is 10.5 Å². The third-order valence-corrected chi connectivity index (χ3v) is 1.93. The zero-order chi connectivity index (χ0) is 11.1. The lowest BCUT2D eigenvalue weighted by Crippen LogP contribution is -2.08. The third kappa shape index (κ3) is 3.97. The predicted molar refractivity (Wildman–Crippen MR) is 55.2 cm³/mol. The summed E-state index contributed by atoms with van der Waals surface area (Å²) in [7, 11) is 0. The fraction of sp³-hybridized carbons (Fsp3) is 0.667. The number of unbranched alkanes of at least 4 members (excludes halogenated alkanes) is 3. The summed E-state index contributed by atoms with van der Waals surface area (Å²) in [6.07, 6.45) is 4.27. The van der Waals surface area contributed by atoms with Crippen molar-refractivity contribution in [2.75, 3.05) is 12.3 Å². The standard InChI is InChI=1S/C9H16N4O2/c1-2-3-4-5-6-15-8(14)7-11-9(10)13-12-7/h2-6H2,1H3,(H3,10,11,12,13). The Labute approximate surface area is 88.2 Å². The van der Waals surface area contributed by atoms with Gasteiger partial charge in [0.2, 0.25) is 11.8 Å². The van der Waals surface area contributed by atoms with Gasteiger partial charge in [-0.15, -0.1) is 5.10 Å². The molecule has 0 amide bonds. The Balaban J connectivity index is 2.19. The predicted octanol–water partition coefficient (Wildman–Crippen LogP) is 1.12. The fourth-order valence-corrected chi connectivity index (χ4v) is 1.13. The van der Waals surface area contributed by atoms with Crippen molar-refractivity contribution in [2.45, 2.75) is 32.6 Å². The first-order chi connectivity index (χ1) is 7.24. The van der Waals surface area contributed by atoms with Gasteiger partial charge in [0, 0.05) is 0 Å². The van der Waals surface area contributed by atoms with Gasteiger partial charge in [-0.2, -0.15) is 4.98 Å². The van der Waals surface area contributed by atoms with E-state index in [1.54, 1.807) is 0 Å². The van der Waals surface area contributed by atoms with Crippen LogP contribution in [-0.4, -0.2) is 27.8 Å². The van der Waals surface area contributed by atoms with Crippen molar-refractivity contribution in [3.63, 3.8) is 0 Å². The van der Waals surface area contributed by atoms with Crippen molar-refractivity contribution >= 4 is 11.9 Å². The average Bonchev–Trinajstić information content (AvgIpc) is 2.64. The van der Waals surface area contributed by atoms with Crippen molar-refractivity contribution in [3.8, 4) is 0 Å². The number of H-pyrrole nitrogens is 1. The number of rotatable bonds is 6. The zero-order valence-corrected chi connectivity index (χ0v) is 8.82. The molecule has 15 heavy (non-hydrogen) atoms. The van der Waals surface area contributed by atoms with E-state index in [-0.39, 0.29) is 11.8 Å². The first-order valence-corrected chi connectivity index (χ1v) is 5.09. The van der Waals surface area contributed by atoms with Gasteiger partial charge in [-0.3, -0.25) is 5.10 Å². The first-order valence-electron chi connectivity index (χ1n) is 5.09. The van der Waals surface area contributed by atoms with E-state index >= 15 is 0 Å². The number of hydrogen-bond acceptors (Lipinski definition) is 5. The second-order valence-corrected chi connectivity index (χ2v) is 3.24. The molecule has 0 spiro atoms. The third-order valence-electron chi connectivity index (χ3n) is 1.93. The van der Waals surface area contributed by atoms with E-state index < -0.39 is 5.97 Å². The summed E-state index contributed by atoms with van der Waals surface area (Å²) < 4.78 is 4.96. The number of esters is 1. The summed E-state index contributed by atoms with van der Waals surface area (Å²) in [5.41, 5.74) is 5.25. The van der Waals surface area contributed by atoms with Crippen LogP contribution in [0.25, 0.3) is 0 Å². The fourth-order valence-electron chi connectivity index (χ4n) is 1.13. The number of aromatic nitrogens is 3. The summed E-state index contributed by atoms with van der Waals surface area (Å²) in [6.45, 7) is 2.54. The molecule has 3 N–H and O–H groups in total. The number of carbonyl (C=O) groups is 1. The van der Waals surface area contributed by atoms with Gasteiger partial charge in [-0.05, 0) is 6.42 Å². The summed E-state index contributed by atoms with van der Waals surface area (Å²) in [4.78, 5) is 14.9. The van der Waals surface area contributed by atoms with E-state index in [4.69, 9.17) is 10.5 Å². The number of nitrogens with two attached hydrogens (primary N) is 1. The molecule has 0 atom stereocenters. The molecular weight excluding hydrogens is 196 g/mol. The van der Waals surface area contributed by atoms with Crippen LogP contribution in [0, 0.1) is 0 Å². The van der Waals surface area contributed by atoms with Crippen LogP contribution in [0.1, 0.15) is 43.2 Å². The lowest BCUT2D eigenvalue weighted by molar-refractivity contribution is 0.0484. The lowest BCUT2D eigenvalue weighted by Gasteiger charge is -2.01. The Morgan fingerprint density at radius 2 is 2.27 bits per heavy atom. The number of nitrogen functional groups attached to an aromatic ring is 1. The molecule has 0 aromatic carbocycles. The van der Waals surface area contributed by atoms with E-state index in [2.05, 4.69) is 22.1 Å². The Morgan fingerprint density at radius 3 is 2.87 bits per heavy atom. The molecule has 0 saturated heterocycles. The molecule has 6 heteroatoms. The molecule has 0 fully saturated rings. The highest BCUT2D eigenvalue weighted by Crippen LogP contribution is 2.01. The first kappa shape index (κ1) is 11.5. The van der Waals surface area contributed by atoms with Gasteiger partial charge in [-0.25, -0.2) is 4.79 Å². The lowest BCUT2D eigenvalue weighted by atomic mass is 10.2. The van der Waals surface area contributed by atoms with E-state index in [1.807, 2.05) is 0 Å². The monoisotopic (exact) mass is 212 g/mol. The number of ether oxygens (including phenoxy) is 1. The van der Waals surface area contributed by atoms with Crippen LogP contribution in [0.2, 0.25) is 0 Å². The Kier molecular flexibility index (Phi) is 4.59. The summed E-state index contributed by atoms with van der Waals surface area (Å²) >= 11 is 0. The molecule has 0 radical (unpaired) electrons. The highest BCUT2D eigenvalue weighted by molar-refractivity contribution is 5.85. The molecule has 1 heterocycles. The largest absolute Gasteiger partial charge is 0.460 e. The van der Waals surface area contributed by atoms with Crippen LogP contribution < -0.4 is 5.73 Å². The molecule has 0 aliphatic carbocycles. The Hall–Kier alpha value is -1.59. The number of nitrogens with one attached hydrogen (secondary N) is 1. The van der Waals surface area contributed by atoms with Crippen LogP contribution in [-0.2, 0) is 4.74 Å². The summed E-state index contributed by atoms with van der Waals surface area (Å²) in [5, 5.41) is 5.93. The van der Waals surface area contributed by atoms with Crippen LogP contribution >= 0.6 is 0 Å². The maximum absolute atomic E-state index is 11.3. The molecule has 1 rings (SSSR count). The zero-order valence-electron chi connectivity index (χ0n) is 8.82. The molecule has 84 valence electrons. The SMILES string of the molecule is CCCCCCOC(=O)c1nc(N)n[nH]1. The molecule has 0 saturated carbocycles. The number of carbonyl (C=O) groups excluding carboxylic acids is 1. The minimum atomic E-state index is -0.504. The van der Waals surface area contributed by atoms with Gasteiger partial charge in [0.1, 0.15) is 0 Å². The number of nitrogens with zero attached hydrogens (tertiary/aromatic N) is 2. The molecule has 1 aromatic heterocycles. The maximum Gasteiger partial charge on any atom is 0.375 e. The summed E-state index contributed by atoms with van der Waals surface area (Å²) in [5.74, 6) is -0.397. The maximum atomic E-state index is 11.3. The number of anilines is 1. The average molecular weight is 212 g/mol. The van der Waals surface area contributed by atoms with Gasteiger partial charge in [0.15, 0.2) is 0 Å². The smallest absolute Gasteiger partial charge is 0.375 e. The van der Waals surface area contributed by atoms with E-state index in [1.165, 1.54) is 0 Å². The van der Waals surface area contributed by atoms with Gasteiger partial charge in [0.25, 0.3) is 0 Å². The minimum absolute atomic E-state index is 0.0490. The molecular formula is C9H16N4O2. The van der Waals surface area contributed by atoms with Crippen molar-refractivity contribution in [1.29, 1.82) is 0 Å². The number of aromatic amines is 1. The van der Waals surface area contributed by atoms with Crippen molar-refractivity contribution in [2.24, 2.45) is 0 Å². The van der Waals surface area contributed by atoms with Crippen LogP contribution in [0.4, 0.5) is 5.95 Å². The topological polar surface area (TPSA) is 93.9 Å².